The Balaban J connectivity index is 2.38. The SMILES string of the molecule is CCOC(=O)CCC(=O)c1nc(-c2c(C)cccc2F)cc(Br)c1O. The molecule has 0 radical (unpaired) electrons. The number of benzene rings is 1. The average Bonchev–Trinajstić information content (AvgIpc) is 2.55. The molecule has 0 unspecified atom stereocenters. The van der Waals surface area contributed by atoms with Gasteiger partial charge in [0.15, 0.2) is 11.5 Å². The maximum absolute atomic E-state index is 14.2. The summed E-state index contributed by atoms with van der Waals surface area (Å²) in [4.78, 5) is 27.9. The summed E-state index contributed by atoms with van der Waals surface area (Å²) in [6.45, 7) is 3.62. The molecule has 0 amide bonds. The quantitative estimate of drug-likeness (QED) is 0.571. The number of hydrogen-bond acceptors (Lipinski definition) is 5. The van der Waals surface area contributed by atoms with E-state index in [1.54, 1.807) is 26.0 Å². The highest BCUT2D eigenvalue weighted by Crippen LogP contribution is 2.34. The van der Waals surface area contributed by atoms with Gasteiger partial charge in [0, 0.05) is 12.0 Å². The van der Waals surface area contributed by atoms with Crippen LogP contribution in [-0.2, 0) is 9.53 Å². The predicted octanol–water partition coefficient (Wildman–Crippen LogP) is 4.19. The van der Waals surface area contributed by atoms with E-state index >= 15 is 0 Å². The monoisotopic (exact) mass is 409 g/mol. The fourth-order valence-corrected chi connectivity index (χ4v) is 2.76. The van der Waals surface area contributed by atoms with Gasteiger partial charge in [-0.15, -0.1) is 0 Å². The van der Waals surface area contributed by atoms with Gasteiger partial charge in [-0.2, -0.15) is 0 Å². The van der Waals surface area contributed by atoms with E-state index in [0.29, 0.717) is 5.56 Å². The minimum atomic E-state index is -0.526. The van der Waals surface area contributed by atoms with Crippen molar-refractivity contribution < 1.29 is 23.8 Å². The zero-order chi connectivity index (χ0) is 18.6. The largest absolute Gasteiger partial charge is 0.504 e. The standard InChI is InChI=1S/C18H17BrFNO4/c1-3-25-15(23)8-7-14(22)17-18(24)11(19)9-13(21-17)16-10(2)5-4-6-12(16)20/h4-6,9,24H,3,7-8H2,1-2H3. The van der Waals surface area contributed by atoms with E-state index in [2.05, 4.69) is 20.9 Å². The van der Waals surface area contributed by atoms with Gasteiger partial charge in [-0.1, -0.05) is 12.1 Å². The third kappa shape index (κ3) is 4.42. The van der Waals surface area contributed by atoms with Crippen molar-refractivity contribution in [3.63, 3.8) is 0 Å². The van der Waals surface area contributed by atoms with Crippen LogP contribution in [0.2, 0.25) is 0 Å². The first-order valence-electron chi connectivity index (χ1n) is 7.69. The van der Waals surface area contributed by atoms with Crippen molar-refractivity contribution in [2.75, 3.05) is 6.61 Å². The average molecular weight is 410 g/mol. The number of aryl methyl sites for hydroxylation is 1. The Hall–Kier alpha value is -2.28. The van der Waals surface area contributed by atoms with E-state index in [4.69, 9.17) is 4.74 Å². The Bertz CT molecular complexity index is 803. The number of Topliss-reactive ketones (excluding diaryl/α,β-unsaturated/α-hetero) is 1. The fourth-order valence-electron chi connectivity index (χ4n) is 2.35. The molecule has 1 aromatic carbocycles. The fraction of sp³-hybridized carbons (Fsp3) is 0.278. The number of pyridine rings is 1. The van der Waals surface area contributed by atoms with E-state index in [0.717, 1.165) is 0 Å². The molecule has 7 heteroatoms. The third-order valence-electron chi connectivity index (χ3n) is 3.55. The number of halogens is 2. The van der Waals surface area contributed by atoms with Crippen molar-refractivity contribution in [2.24, 2.45) is 0 Å². The van der Waals surface area contributed by atoms with Crippen LogP contribution in [0.1, 0.15) is 35.8 Å². The molecule has 0 saturated carbocycles. The van der Waals surface area contributed by atoms with E-state index in [-0.39, 0.29) is 46.6 Å². The molecule has 1 aromatic heterocycles. The number of esters is 1. The van der Waals surface area contributed by atoms with Crippen LogP contribution in [0.25, 0.3) is 11.3 Å². The number of ketones is 1. The summed E-state index contributed by atoms with van der Waals surface area (Å²) in [6, 6.07) is 6.05. The van der Waals surface area contributed by atoms with Crippen LogP contribution in [0.15, 0.2) is 28.7 Å². The van der Waals surface area contributed by atoms with Crippen molar-refractivity contribution >= 4 is 27.7 Å². The van der Waals surface area contributed by atoms with Crippen LogP contribution in [0.4, 0.5) is 4.39 Å². The molecule has 0 aliphatic rings. The van der Waals surface area contributed by atoms with E-state index in [9.17, 15) is 19.1 Å². The van der Waals surface area contributed by atoms with E-state index in [1.165, 1.54) is 12.1 Å². The molecule has 0 spiro atoms. The zero-order valence-electron chi connectivity index (χ0n) is 13.8. The lowest BCUT2D eigenvalue weighted by Crippen LogP contribution is -2.10. The molecule has 2 rings (SSSR count). The van der Waals surface area contributed by atoms with Crippen LogP contribution in [0, 0.1) is 12.7 Å². The van der Waals surface area contributed by atoms with Crippen LogP contribution in [0.3, 0.4) is 0 Å². The molecule has 0 atom stereocenters. The lowest BCUT2D eigenvalue weighted by molar-refractivity contribution is -0.143. The summed E-state index contributed by atoms with van der Waals surface area (Å²) in [5.74, 6) is -1.85. The van der Waals surface area contributed by atoms with Crippen molar-refractivity contribution in [2.45, 2.75) is 26.7 Å². The molecule has 0 bridgehead atoms. The Morgan fingerprint density at radius 1 is 1.32 bits per heavy atom. The molecule has 0 fully saturated rings. The summed E-state index contributed by atoms with van der Waals surface area (Å²) >= 11 is 3.16. The van der Waals surface area contributed by atoms with Gasteiger partial charge < -0.3 is 9.84 Å². The van der Waals surface area contributed by atoms with Gasteiger partial charge in [0.25, 0.3) is 0 Å². The van der Waals surface area contributed by atoms with Gasteiger partial charge >= 0.3 is 5.97 Å². The van der Waals surface area contributed by atoms with Gasteiger partial charge in [0.05, 0.1) is 23.2 Å². The topological polar surface area (TPSA) is 76.5 Å². The highest BCUT2D eigenvalue weighted by Gasteiger charge is 2.21. The molecule has 0 saturated heterocycles. The second-order valence-electron chi connectivity index (χ2n) is 5.35. The van der Waals surface area contributed by atoms with Crippen LogP contribution < -0.4 is 0 Å². The summed E-state index contributed by atoms with van der Waals surface area (Å²) in [6.07, 6.45) is -0.278. The Morgan fingerprint density at radius 3 is 2.68 bits per heavy atom. The molecular formula is C18H17BrFNO4. The van der Waals surface area contributed by atoms with E-state index in [1.807, 2.05) is 0 Å². The second kappa shape index (κ2) is 8.20. The van der Waals surface area contributed by atoms with Gasteiger partial charge in [0.1, 0.15) is 11.5 Å². The minimum Gasteiger partial charge on any atom is -0.504 e. The first-order valence-corrected chi connectivity index (χ1v) is 8.48. The van der Waals surface area contributed by atoms with Gasteiger partial charge in [0.2, 0.25) is 0 Å². The third-order valence-corrected chi connectivity index (χ3v) is 4.15. The second-order valence-corrected chi connectivity index (χ2v) is 6.20. The van der Waals surface area contributed by atoms with Crippen LogP contribution in [-0.4, -0.2) is 28.4 Å². The van der Waals surface area contributed by atoms with Crippen LogP contribution >= 0.6 is 15.9 Å². The molecular weight excluding hydrogens is 393 g/mol. The molecule has 25 heavy (non-hydrogen) atoms. The molecule has 1 N–H and O–H groups in total. The number of rotatable bonds is 6. The highest BCUT2D eigenvalue weighted by atomic mass is 79.9. The highest BCUT2D eigenvalue weighted by molar-refractivity contribution is 9.10. The molecule has 5 nitrogen and oxygen atoms in total. The predicted molar refractivity (Wildman–Crippen MR) is 93.9 cm³/mol. The lowest BCUT2D eigenvalue weighted by atomic mass is 10.0. The molecule has 0 aliphatic heterocycles. The van der Waals surface area contributed by atoms with Gasteiger partial charge in [-0.25, -0.2) is 9.37 Å². The molecule has 132 valence electrons. The zero-order valence-corrected chi connectivity index (χ0v) is 15.4. The number of ether oxygens (including phenoxy) is 1. The number of carbonyl (C=O) groups is 2. The lowest BCUT2D eigenvalue weighted by Gasteiger charge is -2.11. The normalized spacial score (nSPS) is 10.6. The maximum Gasteiger partial charge on any atom is 0.306 e. The number of aromatic nitrogens is 1. The summed E-state index contributed by atoms with van der Waals surface area (Å²) in [5.41, 5.74) is 0.911. The molecule has 2 aromatic rings. The first kappa shape index (κ1) is 19.1. The smallest absolute Gasteiger partial charge is 0.306 e. The van der Waals surface area contributed by atoms with Crippen molar-refractivity contribution in [3.8, 4) is 17.0 Å². The maximum atomic E-state index is 14.2. The van der Waals surface area contributed by atoms with Crippen molar-refractivity contribution in [1.29, 1.82) is 0 Å². The first-order chi connectivity index (χ1) is 11.8. The van der Waals surface area contributed by atoms with E-state index < -0.39 is 17.6 Å². The van der Waals surface area contributed by atoms with Gasteiger partial charge in [-0.3, -0.25) is 9.59 Å². The summed E-state index contributed by atoms with van der Waals surface area (Å²) < 4.78 is 19.2. The number of aromatic hydroxyl groups is 1. The molecule has 0 aliphatic carbocycles. The summed E-state index contributed by atoms with van der Waals surface area (Å²) in [5, 5.41) is 10.1. The van der Waals surface area contributed by atoms with Gasteiger partial charge in [-0.05, 0) is 47.5 Å². The minimum absolute atomic E-state index is 0.117. The Labute approximate surface area is 153 Å². The van der Waals surface area contributed by atoms with Crippen molar-refractivity contribution in [3.05, 3.63) is 45.8 Å². The number of nitrogens with zero attached hydrogens (tertiary/aromatic N) is 1. The Kier molecular flexibility index (Phi) is 6.25. The summed E-state index contributed by atoms with van der Waals surface area (Å²) in [7, 11) is 0. The number of hydrogen-bond donors (Lipinski definition) is 1. The molecule has 1 heterocycles. The van der Waals surface area contributed by atoms with Crippen LogP contribution in [0.5, 0.6) is 5.75 Å². The number of carbonyl (C=O) groups excluding carboxylic acids is 2. The Morgan fingerprint density at radius 2 is 2.04 bits per heavy atom. The van der Waals surface area contributed by atoms with Crippen molar-refractivity contribution in [1.82, 2.24) is 4.98 Å².